The zero-order valence-electron chi connectivity index (χ0n) is 15.2. The van der Waals surface area contributed by atoms with Gasteiger partial charge in [-0.15, -0.1) is 0 Å². The van der Waals surface area contributed by atoms with E-state index in [-0.39, 0.29) is 29.0 Å². The van der Waals surface area contributed by atoms with Gasteiger partial charge in [-0.25, -0.2) is 12.8 Å². The lowest BCUT2D eigenvalue weighted by atomic mass is 9.93. The van der Waals surface area contributed by atoms with Crippen molar-refractivity contribution in [3.63, 3.8) is 0 Å². The summed E-state index contributed by atoms with van der Waals surface area (Å²) in [5.74, 6) is -2.96. The molecule has 27 heavy (non-hydrogen) atoms. The van der Waals surface area contributed by atoms with Crippen molar-refractivity contribution in [2.45, 2.75) is 44.2 Å². The Kier molecular flexibility index (Phi) is 5.78. The van der Waals surface area contributed by atoms with E-state index >= 15 is 0 Å². The molecule has 0 aromatic carbocycles. The van der Waals surface area contributed by atoms with Gasteiger partial charge in [0.05, 0.1) is 35.2 Å². The van der Waals surface area contributed by atoms with E-state index in [0.717, 1.165) is 44.4 Å². The first kappa shape index (κ1) is 19.7. The van der Waals surface area contributed by atoms with Crippen LogP contribution in [-0.2, 0) is 14.6 Å². The maximum Gasteiger partial charge on any atom is 0.253 e. The van der Waals surface area contributed by atoms with Crippen LogP contribution >= 0.6 is 0 Å². The summed E-state index contributed by atoms with van der Waals surface area (Å²) in [6.07, 6.45) is 7.25. The van der Waals surface area contributed by atoms with Gasteiger partial charge in [0.2, 0.25) is 5.91 Å². The van der Waals surface area contributed by atoms with Crippen LogP contribution in [0.1, 0.15) is 42.5 Å². The number of nitrogens with one attached hydrogen (secondary N) is 1. The van der Waals surface area contributed by atoms with Gasteiger partial charge < -0.3 is 10.2 Å². The number of hydrogen-bond donors (Lipinski definition) is 1. The normalized spacial score (nSPS) is 25.1. The summed E-state index contributed by atoms with van der Waals surface area (Å²) in [6.45, 7) is 0. The molecule has 2 amide bonds. The van der Waals surface area contributed by atoms with E-state index in [1.807, 2.05) is 0 Å². The molecule has 1 aliphatic heterocycles. The van der Waals surface area contributed by atoms with Gasteiger partial charge in [0.15, 0.2) is 9.84 Å². The molecule has 2 atom stereocenters. The molecule has 0 spiro atoms. The molecular formula is C18H24FN3O4S. The number of carbonyl (C=O) groups is 2. The van der Waals surface area contributed by atoms with Crippen molar-refractivity contribution < 1.29 is 22.4 Å². The fraction of sp³-hybridized carbons (Fsp3) is 0.611. The molecular weight excluding hydrogens is 373 g/mol. The Labute approximate surface area is 158 Å². The Bertz CT molecular complexity index is 824. The Morgan fingerprint density at radius 3 is 2.56 bits per heavy atom. The first-order valence-electron chi connectivity index (χ1n) is 9.15. The van der Waals surface area contributed by atoms with Gasteiger partial charge in [-0.1, -0.05) is 19.3 Å². The van der Waals surface area contributed by atoms with Gasteiger partial charge in [-0.3, -0.25) is 14.6 Å². The van der Waals surface area contributed by atoms with Gasteiger partial charge in [-0.05, 0) is 18.9 Å². The molecule has 1 aliphatic carbocycles. The third-order valence-electron chi connectivity index (χ3n) is 5.42. The van der Waals surface area contributed by atoms with Crippen LogP contribution < -0.4 is 5.32 Å². The third-order valence-corrected chi connectivity index (χ3v) is 7.16. The summed E-state index contributed by atoms with van der Waals surface area (Å²) in [4.78, 5) is 30.6. The molecule has 2 heterocycles. The van der Waals surface area contributed by atoms with Gasteiger partial charge in [0, 0.05) is 19.3 Å². The summed E-state index contributed by atoms with van der Waals surface area (Å²) in [5, 5.41) is 2.59. The lowest BCUT2D eigenvalue weighted by Crippen LogP contribution is -2.49. The Morgan fingerprint density at radius 2 is 1.89 bits per heavy atom. The highest BCUT2D eigenvalue weighted by atomic mass is 32.2. The minimum atomic E-state index is -3.44. The summed E-state index contributed by atoms with van der Waals surface area (Å²) >= 11 is 0. The summed E-state index contributed by atoms with van der Waals surface area (Å²) in [6, 6.07) is 0.305. The zero-order valence-corrected chi connectivity index (χ0v) is 16.0. The van der Waals surface area contributed by atoms with E-state index in [2.05, 4.69) is 10.3 Å². The molecule has 1 aromatic heterocycles. The smallest absolute Gasteiger partial charge is 0.253 e. The molecule has 2 aliphatic rings. The second-order valence-corrected chi connectivity index (χ2v) is 9.55. The molecule has 0 radical (unpaired) electrons. The van der Waals surface area contributed by atoms with E-state index in [4.69, 9.17) is 0 Å². The molecule has 0 unspecified atom stereocenters. The number of hydrogen-bond acceptors (Lipinski definition) is 5. The molecule has 148 valence electrons. The minimum Gasteiger partial charge on any atom is -0.347 e. The van der Waals surface area contributed by atoms with Crippen molar-refractivity contribution in [3.8, 4) is 0 Å². The number of aromatic nitrogens is 1. The van der Waals surface area contributed by atoms with E-state index in [1.165, 1.54) is 6.20 Å². The number of rotatable bonds is 4. The average Bonchev–Trinajstić information content (AvgIpc) is 2.95. The van der Waals surface area contributed by atoms with Crippen molar-refractivity contribution in [2.75, 3.05) is 18.6 Å². The first-order chi connectivity index (χ1) is 12.8. The van der Waals surface area contributed by atoms with Crippen molar-refractivity contribution in [3.05, 3.63) is 29.8 Å². The summed E-state index contributed by atoms with van der Waals surface area (Å²) < 4.78 is 37.5. The SMILES string of the molecule is CN(C(=O)[C@@H]1CS(=O)(=O)C[C@H]1NC(=O)c1cncc(F)c1)C1CCCCC1. The van der Waals surface area contributed by atoms with Crippen LogP contribution in [0.4, 0.5) is 4.39 Å². The molecule has 7 nitrogen and oxygen atoms in total. The topological polar surface area (TPSA) is 96.4 Å². The van der Waals surface area contributed by atoms with Gasteiger partial charge in [-0.2, -0.15) is 0 Å². The number of halogens is 1. The second-order valence-electron chi connectivity index (χ2n) is 7.40. The largest absolute Gasteiger partial charge is 0.347 e. The Morgan fingerprint density at radius 1 is 1.19 bits per heavy atom. The standard InChI is InChI=1S/C18H24FN3O4S/c1-22(14-5-3-2-4-6-14)18(24)15-10-27(25,26)11-16(15)21-17(23)12-7-13(19)9-20-8-12/h7-9,14-16H,2-6,10-11H2,1H3,(H,21,23)/t15-,16-/m1/s1. The zero-order chi connectivity index (χ0) is 19.6. The number of amides is 2. The fourth-order valence-electron chi connectivity index (χ4n) is 3.93. The molecule has 9 heteroatoms. The van der Waals surface area contributed by atoms with E-state index in [0.29, 0.717) is 0 Å². The Hall–Kier alpha value is -2.03. The van der Waals surface area contributed by atoms with Crippen molar-refractivity contribution in [1.82, 2.24) is 15.2 Å². The average molecular weight is 397 g/mol. The fourth-order valence-corrected chi connectivity index (χ4v) is 5.85. The number of carbonyl (C=O) groups excluding carboxylic acids is 2. The highest BCUT2D eigenvalue weighted by Gasteiger charge is 2.44. The minimum absolute atomic E-state index is 0.00821. The molecule has 1 N–H and O–H groups in total. The lowest BCUT2D eigenvalue weighted by molar-refractivity contribution is -0.136. The van der Waals surface area contributed by atoms with Crippen molar-refractivity contribution in [1.29, 1.82) is 0 Å². The van der Waals surface area contributed by atoms with E-state index in [1.54, 1.807) is 11.9 Å². The summed E-state index contributed by atoms with van der Waals surface area (Å²) in [7, 11) is -1.73. The molecule has 1 saturated heterocycles. The number of sulfone groups is 1. The quantitative estimate of drug-likeness (QED) is 0.822. The first-order valence-corrected chi connectivity index (χ1v) is 11.0. The molecule has 0 bridgehead atoms. The van der Waals surface area contributed by atoms with Crippen LogP contribution in [0, 0.1) is 11.7 Å². The maximum absolute atomic E-state index is 13.3. The van der Waals surface area contributed by atoms with Crippen LogP contribution in [-0.4, -0.2) is 60.8 Å². The van der Waals surface area contributed by atoms with Crippen LogP contribution in [0.15, 0.2) is 18.5 Å². The van der Waals surface area contributed by atoms with Crippen LogP contribution in [0.5, 0.6) is 0 Å². The van der Waals surface area contributed by atoms with Crippen LogP contribution in [0.25, 0.3) is 0 Å². The highest BCUT2D eigenvalue weighted by Crippen LogP contribution is 2.27. The van der Waals surface area contributed by atoms with Gasteiger partial charge >= 0.3 is 0 Å². The third kappa shape index (κ3) is 4.63. The molecule has 2 fully saturated rings. The van der Waals surface area contributed by atoms with Crippen molar-refractivity contribution >= 4 is 21.7 Å². The number of nitrogens with zero attached hydrogens (tertiary/aromatic N) is 2. The van der Waals surface area contributed by atoms with Crippen LogP contribution in [0.2, 0.25) is 0 Å². The van der Waals surface area contributed by atoms with E-state index < -0.39 is 33.5 Å². The number of pyridine rings is 1. The van der Waals surface area contributed by atoms with E-state index in [9.17, 15) is 22.4 Å². The molecule has 1 aromatic rings. The maximum atomic E-state index is 13.3. The van der Waals surface area contributed by atoms with Gasteiger partial charge in [0.1, 0.15) is 5.82 Å². The van der Waals surface area contributed by atoms with Crippen molar-refractivity contribution in [2.24, 2.45) is 5.92 Å². The summed E-state index contributed by atoms with van der Waals surface area (Å²) in [5.41, 5.74) is -0.00821. The molecule has 1 saturated carbocycles. The second kappa shape index (κ2) is 7.92. The highest BCUT2D eigenvalue weighted by molar-refractivity contribution is 7.91. The predicted molar refractivity (Wildman–Crippen MR) is 97.2 cm³/mol. The van der Waals surface area contributed by atoms with Gasteiger partial charge in [0.25, 0.3) is 5.91 Å². The lowest BCUT2D eigenvalue weighted by Gasteiger charge is -2.34. The van der Waals surface area contributed by atoms with Crippen LogP contribution in [0.3, 0.4) is 0 Å². The predicted octanol–water partition coefficient (Wildman–Crippen LogP) is 1.15. The Balaban J connectivity index is 1.74. The monoisotopic (exact) mass is 397 g/mol. The molecule has 3 rings (SSSR count).